The summed E-state index contributed by atoms with van der Waals surface area (Å²) in [5.74, 6) is 0.599. The van der Waals surface area contributed by atoms with Gasteiger partial charge in [-0.3, -0.25) is 4.90 Å². The maximum Gasteiger partial charge on any atom is 0.0195 e. The molecule has 1 N–H and O–H groups in total. The lowest BCUT2D eigenvalue weighted by Crippen LogP contribution is -2.46. The van der Waals surface area contributed by atoms with Crippen molar-refractivity contribution in [3.63, 3.8) is 0 Å². The second-order valence-electron chi connectivity index (χ2n) is 6.51. The minimum atomic E-state index is 0.599. The monoisotopic (exact) mass is 274 g/mol. The smallest absolute Gasteiger partial charge is 0.0195 e. The first-order chi connectivity index (χ1) is 9.66. The van der Waals surface area contributed by atoms with Gasteiger partial charge in [0.05, 0.1) is 0 Å². The molecule has 0 spiro atoms. The molecule has 2 nitrogen and oxygen atoms in total. The average Bonchev–Trinajstić information content (AvgIpc) is 2.48. The third-order valence-electron chi connectivity index (χ3n) is 4.47. The minimum Gasteiger partial charge on any atom is -0.313 e. The predicted molar refractivity (Wildman–Crippen MR) is 87.2 cm³/mol. The van der Waals surface area contributed by atoms with E-state index in [-0.39, 0.29) is 0 Å². The summed E-state index contributed by atoms with van der Waals surface area (Å²) >= 11 is 0. The highest BCUT2D eigenvalue weighted by Gasteiger charge is 2.20. The van der Waals surface area contributed by atoms with Crippen molar-refractivity contribution in [2.45, 2.75) is 58.0 Å². The molecule has 1 fully saturated rings. The van der Waals surface area contributed by atoms with Gasteiger partial charge in [-0.25, -0.2) is 0 Å². The van der Waals surface area contributed by atoms with Gasteiger partial charge < -0.3 is 5.32 Å². The molecule has 2 heteroatoms. The molecule has 0 amide bonds. The zero-order valence-corrected chi connectivity index (χ0v) is 13.3. The van der Waals surface area contributed by atoms with Gasteiger partial charge in [-0.2, -0.15) is 0 Å². The van der Waals surface area contributed by atoms with Crippen LogP contribution >= 0.6 is 0 Å². The number of rotatable bonds is 6. The van der Waals surface area contributed by atoms with Crippen molar-refractivity contribution >= 4 is 0 Å². The number of benzene rings is 1. The maximum atomic E-state index is 3.68. The summed E-state index contributed by atoms with van der Waals surface area (Å²) in [4.78, 5) is 2.64. The molecule has 0 aliphatic carbocycles. The molecule has 0 aromatic heterocycles. The van der Waals surface area contributed by atoms with Gasteiger partial charge in [0.1, 0.15) is 0 Å². The van der Waals surface area contributed by atoms with Crippen molar-refractivity contribution in [3.05, 3.63) is 35.9 Å². The molecule has 1 aromatic carbocycles. The van der Waals surface area contributed by atoms with Crippen LogP contribution in [0.5, 0.6) is 0 Å². The molecule has 2 unspecified atom stereocenters. The molecule has 1 aromatic rings. The Balaban J connectivity index is 1.91. The highest BCUT2D eigenvalue weighted by Crippen LogP contribution is 2.18. The van der Waals surface area contributed by atoms with Gasteiger partial charge in [-0.15, -0.1) is 0 Å². The van der Waals surface area contributed by atoms with Crippen molar-refractivity contribution in [3.8, 4) is 0 Å². The van der Waals surface area contributed by atoms with E-state index in [1.165, 1.54) is 37.9 Å². The van der Waals surface area contributed by atoms with Gasteiger partial charge in [0.15, 0.2) is 0 Å². The minimum absolute atomic E-state index is 0.599. The van der Waals surface area contributed by atoms with E-state index in [9.17, 15) is 0 Å². The summed E-state index contributed by atoms with van der Waals surface area (Å²) < 4.78 is 0. The third kappa shape index (κ3) is 4.60. The second-order valence-corrected chi connectivity index (χ2v) is 6.51. The molecular formula is C18H30N2. The van der Waals surface area contributed by atoms with Gasteiger partial charge in [-0.05, 0) is 44.7 Å². The molecule has 1 aliphatic heterocycles. The number of piperidine rings is 1. The predicted octanol–water partition coefficient (Wildman–Crippen LogP) is 3.64. The molecule has 0 saturated carbocycles. The lowest BCUT2D eigenvalue weighted by molar-refractivity contribution is 0.177. The molecule has 2 rings (SSSR count). The first-order valence-corrected chi connectivity index (χ1v) is 8.19. The highest BCUT2D eigenvalue weighted by molar-refractivity contribution is 5.19. The number of nitrogens with zero attached hydrogens (tertiary/aromatic N) is 1. The molecule has 20 heavy (non-hydrogen) atoms. The van der Waals surface area contributed by atoms with Crippen molar-refractivity contribution in [1.29, 1.82) is 0 Å². The Hall–Kier alpha value is -0.860. The lowest BCUT2D eigenvalue weighted by Gasteiger charge is -2.34. The van der Waals surface area contributed by atoms with Crippen molar-refractivity contribution < 1.29 is 0 Å². The normalized spacial score (nSPS) is 21.4. The zero-order chi connectivity index (χ0) is 14.4. The van der Waals surface area contributed by atoms with Crippen molar-refractivity contribution in [2.24, 2.45) is 0 Å². The molecule has 112 valence electrons. The molecule has 1 saturated heterocycles. The third-order valence-corrected chi connectivity index (χ3v) is 4.47. The van der Waals surface area contributed by atoms with Crippen molar-refractivity contribution in [2.75, 3.05) is 19.6 Å². The summed E-state index contributed by atoms with van der Waals surface area (Å²) in [6.45, 7) is 10.5. The fraction of sp³-hybridized carbons (Fsp3) is 0.667. The summed E-state index contributed by atoms with van der Waals surface area (Å²) in [7, 11) is 0. The quantitative estimate of drug-likeness (QED) is 0.852. The summed E-state index contributed by atoms with van der Waals surface area (Å²) in [6.07, 6.45) is 4.07. The number of hydrogen-bond donors (Lipinski definition) is 1. The average molecular weight is 274 g/mol. The van der Waals surface area contributed by atoms with Crippen LogP contribution < -0.4 is 5.32 Å². The van der Waals surface area contributed by atoms with Crippen LogP contribution in [0.4, 0.5) is 0 Å². The largest absolute Gasteiger partial charge is 0.313 e. The lowest BCUT2D eigenvalue weighted by atomic mass is 9.99. The van der Waals surface area contributed by atoms with Gasteiger partial charge in [0.2, 0.25) is 0 Å². The number of hydrogen-bond acceptors (Lipinski definition) is 2. The fourth-order valence-corrected chi connectivity index (χ4v) is 3.10. The van der Waals surface area contributed by atoms with E-state index in [1.54, 1.807) is 0 Å². The second kappa shape index (κ2) is 7.80. The molecule has 2 atom stereocenters. The van der Waals surface area contributed by atoms with Crippen LogP contribution in [0.2, 0.25) is 0 Å². The topological polar surface area (TPSA) is 15.3 Å². The fourth-order valence-electron chi connectivity index (χ4n) is 3.10. The van der Waals surface area contributed by atoms with Gasteiger partial charge in [0, 0.05) is 25.2 Å². The van der Waals surface area contributed by atoms with Crippen LogP contribution in [-0.2, 0) is 0 Å². The SMILES string of the molecule is CC(CN(CC1CCCCN1)C(C)C)c1ccccc1. The summed E-state index contributed by atoms with van der Waals surface area (Å²) in [5.41, 5.74) is 1.45. The molecule has 0 radical (unpaired) electrons. The summed E-state index contributed by atoms with van der Waals surface area (Å²) in [6, 6.07) is 12.2. The number of nitrogens with one attached hydrogen (secondary N) is 1. The summed E-state index contributed by atoms with van der Waals surface area (Å²) in [5, 5.41) is 3.68. The van der Waals surface area contributed by atoms with Crippen LogP contribution in [0.3, 0.4) is 0 Å². The van der Waals surface area contributed by atoms with Crippen LogP contribution in [0.15, 0.2) is 30.3 Å². The molecule has 0 bridgehead atoms. The first kappa shape index (κ1) is 15.5. The Labute approximate surface area is 124 Å². The van der Waals surface area contributed by atoms with E-state index in [4.69, 9.17) is 0 Å². The zero-order valence-electron chi connectivity index (χ0n) is 13.3. The Morgan fingerprint density at radius 3 is 2.50 bits per heavy atom. The highest BCUT2D eigenvalue weighted by atomic mass is 15.2. The van der Waals surface area contributed by atoms with E-state index in [0.29, 0.717) is 18.0 Å². The van der Waals surface area contributed by atoms with E-state index in [0.717, 1.165) is 6.54 Å². The van der Waals surface area contributed by atoms with E-state index < -0.39 is 0 Å². The van der Waals surface area contributed by atoms with E-state index in [2.05, 4.69) is 61.3 Å². The van der Waals surface area contributed by atoms with Crippen molar-refractivity contribution in [1.82, 2.24) is 10.2 Å². The Morgan fingerprint density at radius 1 is 1.15 bits per heavy atom. The Kier molecular flexibility index (Phi) is 6.06. The first-order valence-electron chi connectivity index (χ1n) is 8.19. The molecular weight excluding hydrogens is 244 g/mol. The van der Waals surface area contributed by atoms with E-state index >= 15 is 0 Å². The van der Waals surface area contributed by atoms with Gasteiger partial charge in [0.25, 0.3) is 0 Å². The van der Waals surface area contributed by atoms with Crippen LogP contribution in [0.1, 0.15) is 51.5 Å². The Bertz CT molecular complexity index is 368. The van der Waals surface area contributed by atoms with Crippen LogP contribution in [0, 0.1) is 0 Å². The molecule has 1 heterocycles. The van der Waals surface area contributed by atoms with E-state index in [1.807, 2.05) is 0 Å². The standard InChI is InChI=1S/C18H30N2/c1-15(2)20(14-18-11-7-8-12-19-18)13-16(3)17-9-5-4-6-10-17/h4-6,9-10,15-16,18-19H,7-8,11-14H2,1-3H3. The van der Waals surface area contributed by atoms with Gasteiger partial charge >= 0.3 is 0 Å². The molecule has 1 aliphatic rings. The van der Waals surface area contributed by atoms with Crippen LogP contribution in [-0.4, -0.2) is 36.6 Å². The van der Waals surface area contributed by atoms with Gasteiger partial charge in [-0.1, -0.05) is 43.7 Å². The van der Waals surface area contributed by atoms with Crippen LogP contribution in [0.25, 0.3) is 0 Å². The Morgan fingerprint density at radius 2 is 1.90 bits per heavy atom. The maximum absolute atomic E-state index is 3.68.